The van der Waals surface area contributed by atoms with Gasteiger partial charge < -0.3 is 34.7 Å². The molecular weight excluding hydrogens is 535 g/mol. The Bertz CT molecular complexity index is 523. The number of likely N-dealkylation sites (N-methyl/N-ethyl adjacent to an activating group) is 2. The molecule has 0 aliphatic carbocycles. The van der Waals surface area contributed by atoms with E-state index in [1.807, 2.05) is 6.92 Å². The van der Waals surface area contributed by atoms with Crippen molar-refractivity contribution in [2.45, 2.75) is 13.3 Å². The first-order valence-electron chi connectivity index (χ1n) is 11.0. The van der Waals surface area contributed by atoms with Gasteiger partial charge in [-0.3, -0.25) is 9.63 Å². The summed E-state index contributed by atoms with van der Waals surface area (Å²) in [7, 11) is 12.3. The van der Waals surface area contributed by atoms with Gasteiger partial charge in [-0.25, -0.2) is 25.3 Å². The van der Waals surface area contributed by atoms with Crippen LogP contribution in [-0.4, -0.2) is 157 Å². The lowest BCUT2D eigenvalue weighted by Gasteiger charge is -2.21. The van der Waals surface area contributed by atoms with E-state index < -0.39 is 25.1 Å². The first-order valence-corrected chi connectivity index (χ1v) is 11.0. The van der Waals surface area contributed by atoms with Gasteiger partial charge in [-0.05, 0) is 41.0 Å². The maximum Gasteiger partial charge on any atom is 0.329 e. The van der Waals surface area contributed by atoms with Crippen LogP contribution >= 0.6 is 24.8 Å². The predicted molar refractivity (Wildman–Crippen MR) is 149 cm³/mol. The lowest BCUT2D eigenvalue weighted by molar-refractivity contribution is -0.171. The predicted octanol–water partition coefficient (Wildman–Crippen LogP) is -0.247. The van der Waals surface area contributed by atoms with E-state index in [-0.39, 0.29) is 24.8 Å². The van der Waals surface area contributed by atoms with Crippen LogP contribution in [0.2, 0.25) is 0 Å². The molecule has 1 amide bonds. The van der Waals surface area contributed by atoms with Gasteiger partial charge in [0.05, 0.1) is 40.0 Å². The van der Waals surface area contributed by atoms with E-state index in [1.165, 1.54) is 14.2 Å². The number of amides is 1. The van der Waals surface area contributed by atoms with Crippen LogP contribution in [0.5, 0.6) is 0 Å². The molecule has 0 aromatic heterocycles. The fraction of sp³-hybridized carbons (Fsp3) is 0.857. The molecule has 0 bridgehead atoms. The summed E-state index contributed by atoms with van der Waals surface area (Å²) in [5, 5.41) is 24.1. The fourth-order valence-corrected chi connectivity index (χ4v) is 1.49. The number of carbonyl (C=O) groups excluding carboxylic acids is 1. The minimum absolute atomic E-state index is 0. The van der Waals surface area contributed by atoms with Crippen molar-refractivity contribution in [3.63, 3.8) is 0 Å². The molecule has 0 atom stereocenters. The fourth-order valence-electron chi connectivity index (χ4n) is 1.49. The van der Waals surface area contributed by atoms with Gasteiger partial charge in [-0.1, -0.05) is 0 Å². The van der Waals surface area contributed by atoms with E-state index in [9.17, 15) is 4.79 Å². The highest BCUT2D eigenvalue weighted by molar-refractivity contribution is 5.85. The number of morpholine rings is 1. The third-order valence-electron chi connectivity index (χ3n) is 3.51. The highest BCUT2D eigenvalue weighted by Gasteiger charge is 2.03. The van der Waals surface area contributed by atoms with Crippen molar-refractivity contribution in [1.29, 1.82) is 0 Å². The summed E-state index contributed by atoms with van der Waals surface area (Å²) < 4.78 is 5.10. The molecule has 226 valence electrons. The number of hydrogen-bond acceptors (Lipinski definition) is 12. The van der Waals surface area contributed by atoms with Crippen molar-refractivity contribution in [3.05, 3.63) is 0 Å². The van der Waals surface area contributed by atoms with Gasteiger partial charge in [0.15, 0.2) is 0 Å². The molecule has 1 saturated heterocycles. The number of hydroxylamine groups is 3. The Kier molecular flexibility index (Phi) is 54.8. The minimum Gasteiger partial charge on any atom is -0.480 e. The molecular formula is C21H50Cl2N6O8. The molecule has 16 heteroatoms. The number of aliphatic carboxylic acids is 1. The molecule has 0 radical (unpaired) electrons. The number of aliphatic hydroxyl groups excluding tert-OH is 2. The second-order valence-electron chi connectivity index (χ2n) is 6.72. The second kappa shape index (κ2) is 41.7. The van der Waals surface area contributed by atoms with Crippen molar-refractivity contribution in [2.75, 3.05) is 109 Å². The zero-order valence-corrected chi connectivity index (χ0v) is 25.1. The quantitative estimate of drug-likeness (QED) is 0.160. The summed E-state index contributed by atoms with van der Waals surface area (Å²) in [6, 6.07) is 2.64. The van der Waals surface area contributed by atoms with E-state index in [1.54, 1.807) is 14.2 Å². The Balaban J connectivity index is -0.0000000833. The Morgan fingerprint density at radius 3 is 1.81 bits per heavy atom. The van der Waals surface area contributed by atoms with Crippen molar-refractivity contribution in [2.24, 2.45) is 9.98 Å². The summed E-state index contributed by atoms with van der Waals surface area (Å²) >= 11 is 0. The second-order valence-corrected chi connectivity index (χ2v) is 6.72. The molecule has 0 aromatic carbocycles. The van der Waals surface area contributed by atoms with Gasteiger partial charge in [0.2, 0.25) is 0 Å². The first kappa shape index (κ1) is 48.6. The normalized spacial score (nSPS) is 11.3. The van der Waals surface area contributed by atoms with Crippen LogP contribution in [0.1, 0.15) is 13.3 Å². The maximum absolute atomic E-state index is 10.3. The third-order valence-corrected chi connectivity index (χ3v) is 3.51. The molecule has 1 heterocycles. The average Bonchev–Trinajstić information content (AvgIpc) is 2.86. The lowest BCUT2D eigenvalue weighted by atomic mass is 10.4. The number of halogens is 2. The molecule has 0 saturated carbocycles. The maximum atomic E-state index is 10.3. The Hall–Kier alpha value is -1.42. The molecule has 4 N–H and O–H groups in total. The molecule has 1 aliphatic heterocycles. The van der Waals surface area contributed by atoms with Crippen LogP contribution in [-0.2, 0) is 24.0 Å². The minimum atomic E-state index is -1.19. The van der Waals surface area contributed by atoms with Crippen LogP contribution < -0.4 is 5.48 Å². The number of carboxylic acids is 1. The number of aliphatic hydroxyl groups is 2. The van der Waals surface area contributed by atoms with Crippen molar-refractivity contribution >= 4 is 42.7 Å². The van der Waals surface area contributed by atoms with Gasteiger partial charge in [0, 0.05) is 33.7 Å². The average molecular weight is 586 g/mol. The van der Waals surface area contributed by atoms with E-state index in [0.29, 0.717) is 0 Å². The number of ether oxygens (including phenoxy) is 1. The van der Waals surface area contributed by atoms with Crippen LogP contribution in [0, 0.1) is 0 Å². The number of carboxylic acid groups (broad SMARTS) is 1. The number of aliphatic imine (C=N–C) groups is 2. The Labute approximate surface area is 234 Å². The molecule has 14 nitrogen and oxygen atoms in total. The van der Waals surface area contributed by atoms with Gasteiger partial charge >= 0.3 is 5.97 Å². The number of nitrogens with zero attached hydrogens (tertiary/aromatic N) is 5. The summed E-state index contributed by atoms with van der Waals surface area (Å²) in [4.78, 5) is 40.4. The Morgan fingerprint density at radius 2 is 1.57 bits per heavy atom. The standard InChI is InChI=1S/C8H17N3.C5H11NO.C4H9NO3.C2H7NO.C2H4O3.2ClH/c1-4-9-8-10-6-5-7-11(2)3;1-6-2-4-7-5-3-6;1-5(8-2)4(7)3-6;1-3-4-2;3-1-2(4)5;;/h4-7H2,1-3H3;2-5H2,1H3;6H,3H2,1-2H3;3H,1-2H3;3H,1H2,(H,4,5);2*1H. The first-order chi connectivity index (χ1) is 16.6. The van der Waals surface area contributed by atoms with Crippen molar-refractivity contribution in [1.82, 2.24) is 20.3 Å². The molecule has 0 spiro atoms. The summed E-state index contributed by atoms with van der Waals surface area (Å²) in [6.45, 7) is 7.40. The number of carbonyl (C=O) groups is 2. The summed E-state index contributed by atoms with van der Waals surface area (Å²) in [5.74, 6) is -1.64. The number of nitrogens with one attached hydrogen (secondary N) is 1. The van der Waals surface area contributed by atoms with E-state index in [4.69, 9.17) is 24.9 Å². The zero-order chi connectivity index (χ0) is 27.9. The number of hydrogen-bond donors (Lipinski definition) is 4. The van der Waals surface area contributed by atoms with Crippen LogP contribution in [0.3, 0.4) is 0 Å². The smallest absolute Gasteiger partial charge is 0.329 e. The van der Waals surface area contributed by atoms with Crippen LogP contribution in [0.15, 0.2) is 9.98 Å². The van der Waals surface area contributed by atoms with Gasteiger partial charge in [-0.15, -0.1) is 24.8 Å². The molecule has 1 rings (SSSR count). The number of rotatable bonds is 9. The van der Waals surface area contributed by atoms with Gasteiger partial charge in [-0.2, -0.15) is 0 Å². The summed E-state index contributed by atoms with van der Waals surface area (Å²) in [6.07, 6.45) is 1.08. The van der Waals surface area contributed by atoms with Crippen LogP contribution in [0.25, 0.3) is 0 Å². The molecule has 37 heavy (non-hydrogen) atoms. The highest BCUT2D eigenvalue weighted by Crippen LogP contribution is 1.89. The molecule has 0 aromatic rings. The molecule has 1 fully saturated rings. The van der Waals surface area contributed by atoms with Crippen molar-refractivity contribution in [3.8, 4) is 0 Å². The SMILES string of the molecule is CCN=C=NCCCN(C)C.CN1CCOCC1.CNOC.CON(C)C(=O)CO.Cl.Cl.O=C(O)CO. The lowest BCUT2D eigenvalue weighted by Crippen LogP contribution is -2.32. The summed E-state index contributed by atoms with van der Waals surface area (Å²) in [5.41, 5.74) is 2.43. The monoisotopic (exact) mass is 584 g/mol. The van der Waals surface area contributed by atoms with Crippen LogP contribution in [0.4, 0.5) is 0 Å². The Morgan fingerprint density at radius 1 is 1.08 bits per heavy atom. The van der Waals surface area contributed by atoms with Gasteiger partial charge in [0.1, 0.15) is 13.2 Å². The molecule has 0 unspecified atom stereocenters. The van der Waals surface area contributed by atoms with E-state index in [2.05, 4.69) is 62.1 Å². The topological polar surface area (TPSA) is 169 Å². The third kappa shape index (κ3) is 56.1. The van der Waals surface area contributed by atoms with Gasteiger partial charge in [0.25, 0.3) is 5.91 Å². The van der Waals surface area contributed by atoms with Crippen molar-refractivity contribution < 1.29 is 39.3 Å². The van der Waals surface area contributed by atoms with E-state index in [0.717, 1.165) is 57.4 Å². The largest absolute Gasteiger partial charge is 0.480 e. The zero-order valence-electron chi connectivity index (χ0n) is 23.5. The van der Waals surface area contributed by atoms with E-state index >= 15 is 0 Å². The molecule has 1 aliphatic rings. The highest BCUT2D eigenvalue weighted by atomic mass is 35.5.